The molecule has 0 saturated carbocycles. The van der Waals surface area contributed by atoms with Gasteiger partial charge in [0.25, 0.3) is 0 Å². The van der Waals surface area contributed by atoms with Crippen LogP contribution in [0.25, 0.3) is 21.9 Å². The summed E-state index contributed by atoms with van der Waals surface area (Å²) in [5.41, 5.74) is 0.269. The number of hydrogen-bond donors (Lipinski definition) is 0. The molecule has 4 rings (SSSR count). The van der Waals surface area contributed by atoms with Crippen molar-refractivity contribution in [2.75, 3.05) is 19.6 Å². The van der Waals surface area contributed by atoms with Gasteiger partial charge in [-0.2, -0.15) is 5.10 Å². The number of carbonyl (C=O) groups excluding carboxylic acids is 1. The lowest BCUT2D eigenvalue weighted by molar-refractivity contribution is -0.0273. The summed E-state index contributed by atoms with van der Waals surface area (Å²) in [5, 5.41) is 4.81. The average Bonchev–Trinajstić information content (AvgIpc) is 3.24. The third-order valence-electron chi connectivity index (χ3n) is 4.68. The first kappa shape index (κ1) is 19.2. The lowest BCUT2D eigenvalue weighted by Crippen LogP contribution is -2.66. The van der Waals surface area contributed by atoms with Gasteiger partial charge in [0.05, 0.1) is 24.8 Å². The maximum atomic E-state index is 12.3. The van der Waals surface area contributed by atoms with Crippen molar-refractivity contribution in [1.82, 2.24) is 29.0 Å². The molecule has 1 saturated heterocycles. The Morgan fingerprint density at radius 1 is 1.41 bits per heavy atom. The third-order valence-corrected chi connectivity index (χ3v) is 4.87. The number of likely N-dealkylation sites (tertiary alicyclic amines) is 1. The Morgan fingerprint density at radius 3 is 2.86 bits per heavy atom. The number of hydrogen-bond acceptors (Lipinski definition) is 5. The molecule has 3 aromatic heterocycles. The zero-order chi connectivity index (χ0) is 20.8. The smallest absolute Gasteiger partial charge is 0.410 e. The molecule has 0 bridgehead atoms. The summed E-state index contributed by atoms with van der Waals surface area (Å²) >= 11 is 6.13. The van der Waals surface area contributed by atoms with Crippen LogP contribution in [0, 0.1) is 6.57 Å². The van der Waals surface area contributed by atoms with E-state index in [1.54, 1.807) is 34.2 Å². The molecule has 0 radical (unpaired) electrons. The highest BCUT2D eigenvalue weighted by Gasteiger charge is 2.51. The summed E-state index contributed by atoms with van der Waals surface area (Å²) in [6.07, 6.45) is 6.60. The number of fused-ring (bicyclic) bond motifs is 1. The molecule has 0 N–H and O–H groups in total. The molecular formula is C19H20ClN7O2. The molecular weight excluding hydrogens is 394 g/mol. The number of nitrogens with zero attached hydrogens (tertiary/aromatic N) is 7. The summed E-state index contributed by atoms with van der Waals surface area (Å²) in [4.78, 5) is 26.1. The number of ether oxygens (including phenoxy) is 1. The van der Waals surface area contributed by atoms with E-state index in [9.17, 15) is 4.79 Å². The van der Waals surface area contributed by atoms with Crippen molar-refractivity contribution < 1.29 is 9.53 Å². The third kappa shape index (κ3) is 3.51. The first-order chi connectivity index (χ1) is 13.7. The van der Waals surface area contributed by atoms with Gasteiger partial charge in [0.2, 0.25) is 6.54 Å². The van der Waals surface area contributed by atoms with Gasteiger partial charge in [0, 0.05) is 24.7 Å². The van der Waals surface area contributed by atoms with E-state index in [-0.39, 0.29) is 12.6 Å². The zero-order valence-electron chi connectivity index (χ0n) is 16.3. The topological polar surface area (TPSA) is 81.9 Å². The van der Waals surface area contributed by atoms with Gasteiger partial charge in [0.15, 0.2) is 11.4 Å². The van der Waals surface area contributed by atoms with Crippen LogP contribution in [0.5, 0.6) is 0 Å². The molecule has 1 aliphatic heterocycles. The van der Waals surface area contributed by atoms with Crippen LogP contribution in [0.4, 0.5) is 4.79 Å². The molecule has 0 aliphatic carbocycles. The Hall–Kier alpha value is -3.12. The quantitative estimate of drug-likeness (QED) is 0.486. The van der Waals surface area contributed by atoms with E-state index in [4.69, 9.17) is 22.9 Å². The Balaban J connectivity index is 1.61. The van der Waals surface area contributed by atoms with Gasteiger partial charge in [0.1, 0.15) is 16.4 Å². The molecule has 29 heavy (non-hydrogen) atoms. The van der Waals surface area contributed by atoms with Gasteiger partial charge in [-0.25, -0.2) is 21.3 Å². The molecule has 3 aromatic rings. The van der Waals surface area contributed by atoms with E-state index < -0.39 is 11.1 Å². The summed E-state index contributed by atoms with van der Waals surface area (Å²) < 4.78 is 8.99. The molecule has 0 atom stereocenters. The monoisotopic (exact) mass is 413 g/mol. The number of rotatable bonds is 3. The van der Waals surface area contributed by atoms with Crippen molar-refractivity contribution in [3.63, 3.8) is 0 Å². The maximum Gasteiger partial charge on any atom is 0.410 e. The molecule has 4 heterocycles. The SMILES string of the molecule is [C-]#[N+]CC1(n2cc(-c3nc(Cl)cc4nccn34)cn2)CN(C(=O)OC(C)(C)C)C1. The maximum absolute atomic E-state index is 12.3. The van der Waals surface area contributed by atoms with Crippen LogP contribution >= 0.6 is 11.6 Å². The van der Waals surface area contributed by atoms with Crippen molar-refractivity contribution in [2.24, 2.45) is 0 Å². The second-order valence-electron chi connectivity index (χ2n) is 8.11. The standard InChI is InChI=1S/C19H20ClN7O2/c1-18(2,3)29-17(28)25-11-19(12-25,10-21-4)27-9-13(8-23-27)16-24-14(20)7-15-22-5-6-26(15)16/h5-9H,10-12H2,1-3H3. The van der Waals surface area contributed by atoms with Gasteiger partial charge in [-0.1, -0.05) is 11.6 Å². The number of halogens is 1. The Labute approximate surface area is 172 Å². The summed E-state index contributed by atoms with van der Waals surface area (Å²) in [5.74, 6) is 0.609. The van der Waals surface area contributed by atoms with E-state index in [0.717, 1.165) is 5.56 Å². The first-order valence-corrected chi connectivity index (χ1v) is 9.45. The Kier molecular flexibility index (Phi) is 4.46. The second kappa shape index (κ2) is 6.74. The lowest BCUT2D eigenvalue weighted by Gasteiger charge is -2.46. The fraction of sp³-hybridized carbons (Fsp3) is 0.421. The second-order valence-corrected chi connectivity index (χ2v) is 8.50. The van der Waals surface area contributed by atoms with Crippen molar-refractivity contribution in [3.05, 3.63) is 47.4 Å². The summed E-state index contributed by atoms with van der Waals surface area (Å²) in [6, 6.07) is 1.68. The minimum atomic E-state index is -0.594. The molecule has 1 fully saturated rings. The van der Waals surface area contributed by atoms with Gasteiger partial charge >= 0.3 is 6.09 Å². The molecule has 1 aliphatic rings. The van der Waals surface area contributed by atoms with Crippen molar-refractivity contribution in [1.29, 1.82) is 0 Å². The fourth-order valence-electron chi connectivity index (χ4n) is 3.38. The van der Waals surface area contributed by atoms with E-state index >= 15 is 0 Å². The van der Waals surface area contributed by atoms with Crippen LogP contribution in [0.1, 0.15) is 20.8 Å². The lowest BCUT2D eigenvalue weighted by atomic mass is 9.90. The fourth-order valence-corrected chi connectivity index (χ4v) is 3.56. The van der Waals surface area contributed by atoms with Crippen LogP contribution in [0.15, 0.2) is 30.9 Å². The highest BCUT2D eigenvalue weighted by Crippen LogP contribution is 2.32. The van der Waals surface area contributed by atoms with Crippen molar-refractivity contribution in [2.45, 2.75) is 31.9 Å². The first-order valence-electron chi connectivity index (χ1n) is 9.07. The number of aromatic nitrogens is 5. The van der Waals surface area contributed by atoms with Crippen LogP contribution in [-0.4, -0.2) is 60.4 Å². The summed E-state index contributed by atoms with van der Waals surface area (Å²) in [6.45, 7) is 13.7. The minimum absolute atomic E-state index is 0.205. The van der Waals surface area contributed by atoms with Gasteiger partial charge < -0.3 is 14.5 Å². The van der Waals surface area contributed by atoms with Crippen LogP contribution < -0.4 is 0 Å². The van der Waals surface area contributed by atoms with Crippen molar-refractivity contribution in [3.8, 4) is 11.4 Å². The van der Waals surface area contributed by atoms with E-state index in [0.29, 0.717) is 29.7 Å². The summed E-state index contributed by atoms with van der Waals surface area (Å²) in [7, 11) is 0. The molecule has 0 unspecified atom stereocenters. The number of carbonyl (C=O) groups is 1. The largest absolute Gasteiger partial charge is 0.444 e. The molecule has 0 aromatic carbocycles. The number of amides is 1. The van der Waals surface area contributed by atoms with E-state index in [1.807, 2.05) is 31.4 Å². The van der Waals surface area contributed by atoms with E-state index in [2.05, 4.69) is 19.9 Å². The van der Waals surface area contributed by atoms with Gasteiger partial charge in [-0.05, 0) is 20.8 Å². The predicted molar refractivity (Wildman–Crippen MR) is 106 cm³/mol. The van der Waals surface area contributed by atoms with Gasteiger partial charge in [-0.3, -0.25) is 9.08 Å². The molecule has 0 spiro atoms. The van der Waals surface area contributed by atoms with Crippen LogP contribution in [0.2, 0.25) is 5.15 Å². The zero-order valence-corrected chi connectivity index (χ0v) is 17.1. The molecule has 9 nitrogen and oxygen atoms in total. The van der Waals surface area contributed by atoms with Crippen LogP contribution in [0.3, 0.4) is 0 Å². The highest BCUT2D eigenvalue weighted by molar-refractivity contribution is 6.29. The predicted octanol–water partition coefficient (Wildman–Crippen LogP) is 3.11. The van der Waals surface area contributed by atoms with Crippen LogP contribution in [-0.2, 0) is 10.3 Å². The minimum Gasteiger partial charge on any atom is -0.444 e. The molecule has 10 heteroatoms. The van der Waals surface area contributed by atoms with Gasteiger partial charge in [-0.15, -0.1) is 0 Å². The molecule has 150 valence electrons. The highest BCUT2D eigenvalue weighted by atomic mass is 35.5. The Morgan fingerprint density at radius 2 is 2.17 bits per heavy atom. The average molecular weight is 414 g/mol. The Bertz CT molecular complexity index is 1120. The van der Waals surface area contributed by atoms with E-state index in [1.165, 1.54) is 0 Å². The van der Waals surface area contributed by atoms with Crippen molar-refractivity contribution >= 4 is 23.3 Å². The normalized spacial score (nSPS) is 15.8. The molecule has 1 amide bonds. The number of imidazole rings is 1.